The number of amides is 1. The van der Waals surface area contributed by atoms with Gasteiger partial charge in [0.05, 0.1) is 12.8 Å². The van der Waals surface area contributed by atoms with Crippen LogP contribution in [0.1, 0.15) is 34.8 Å². The van der Waals surface area contributed by atoms with E-state index in [9.17, 15) is 4.79 Å². The van der Waals surface area contributed by atoms with Gasteiger partial charge in [-0.05, 0) is 76.9 Å². The summed E-state index contributed by atoms with van der Waals surface area (Å²) in [6.07, 6.45) is 2.54. The quantitative estimate of drug-likeness (QED) is 0.259. The van der Waals surface area contributed by atoms with Gasteiger partial charge < -0.3 is 9.47 Å². The number of hydrazone groups is 1. The summed E-state index contributed by atoms with van der Waals surface area (Å²) in [6.45, 7) is 3.20. The number of hydrogen-bond donors (Lipinski definition) is 1. The highest BCUT2D eigenvalue weighted by atomic mass is 16.5. The molecular weight excluding hydrogens is 412 g/mol. The van der Waals surface area contributed by atoms with Gasteiger partial charge in [0.15, 0.2) is 0 Å². The zero-order valence-electron chi connectivity index (χ0n) is 18.5. The minimum absolute atomic E-state index is 0.275. The van der Waals surface area contributed by atoms with Crippen LogP contribution in [-0.4, -0.2) is 18.7 Å². The van der Waals surface area contributed by atoms with Gasteiger partial charge in [-0.15, -0.1) is 0 Å². The van der Waals surface area contributed by atoms with Gasteiger partial charge in [0.1, 0.15) is 18.1 Å². The van der Waals surface area contributed by atoms with Gasteiger partial charge in [-0.25, -0.2) is 5.43 Å². The summed E-state index contributed by atoms with van der Waals surface area (Å²) in [5.74, 6) is 1.25. The van der Waals surface area contributed by atoms with Crippen LogP contribution in [0.4, 0.5) is 0 Å². The maximum Gasteiger partial charge on any atom is 0.271 e. The molecule has 5 heteroatoms. The zero-order valence-corrected chi connectivity index (χ0v) is 18.5. The van der Waals surface area contributed by atoms with Crippen LogP contribution in [-0.2, 0) is 6.61 Å². The lowest BCUT2D eigenvalue weighted by Crippen LogP contribution is -2.17. The fourth-order valence-corrected chi connectivity index (χ4v) is 3.38. The summed E-state index contributed by atoms with van der Waals surface area (Å²) >= 11 is 0. The molecule has 0 unspecified atom stereocenters. The zero-order chi connectivity index (χ0) is 22.9. The molecule has 166 valence electrons. The summed E-state index contributed by atoms with van der Waals surface area (Å²) < 4.78 is 11.5. The van der Waals surface area contributed by atoms with Crippen molar-refractivity contribution in [2.75, 3.05) is 6.61 Å². The van der Waals surface area contributed by atoms with Crippen molar-refractivity contribution in [1.82, 2.24) is 5.43 Å². The van der Waals surface area contributed by atoms with Crippen molar-refractivity contribution in [3.05, 3.63) is 108 Å². The van der Waals surface area contributed by atoms with Crippen molar-refractivity contribution >= 4 is 22.9 Å². The highest BCUT2D eigenvalue weighted by molar-refractivity contribution is 5.95. The Bertz CT molecular complexity index is 1230. The van der Waals surface area contributed by atoms with E-state index in [0.717, 1.165) is 29.0 Å². The molecule has 0 saturated heterocycles. The fraction of sp³-hybridized carbons (Fsp3) is 0.143. The van der Waals surface area contributed by atoms with Crippen LogP contribution in [0, 0.1) is 0 Å². The maximum absolute atomic E-state index is 12.2. The molecule has 0 aliphatic rings. The van der Waals surface area contributed by atoms with Gasteiger partial charge >= 0.3 is 0 Å². The molecule has 4 aromatic rings. The molecule has 0 spiro atoms. The fourth-order valence-electron chi connectivity index (χ4n) is 3.38. The molecule has 5 nitrogen and oxygen atoms in total. The summed E-state index contributed by atoms with van der Waals surface area (Å²) in [6, 6.07) is 29.1. The number of carbonyl (C=O) groups excluding carboxylic acids is 1. The number of hydrogen-bond acceptors (Lipinski definition) is 4. The van der Waals surface area contributed by atoms with E-state index < -0.39 is 0 Å². The molecule has 1 amide bonds. The number of nitrogens with one attached hydrogen (secondary N) is 1. The molecule has 1 N–H and O–H groups in total. The Balaban J connectivity index is 1.29. The molecule has 0 bridgehead atoms. The molecule has 0 aromatic heterocycles. The second kappa shape index (κ2) is 11.0. The molecule has 4 aromatic carbocycles. The highest BCUT2D eigenvalue weighted by Crippen LogP contribution is 2.21. The SMILES string of the molecule is CCCOc1ccc(C(=O)N/N=C\c2ccc(OCc3cccc4ccccc34)cc2)cc1. The third kappa shape index (κ3) is 5.98. The molecule has 0 aliphatic heterocycles. The Morgan fingerprint density at radius 3 is 2.33 bits per heavy atom. The number of carbonyl (C=O) groups is 1. The summed E-state index contributed by atoms with van der Waals surface area (Å²) in [5.41, 5.74) is 5.07. The van der Waals surface area contributed by atoms with Gasteiger partial charge in [-0.1, -0.05) is 49.4 Å². The van der Waals surface area contributed by atoms with E-state index in [1.54, 1.807) is 30.5 Å². The first-order valence-corrected chi connectivity index (χ1v) is 11.0. The van der Waals surface area contributed by atoms with Crippen LogP contribution in [0.2, 0.25) is 0 Å². The van der Waals surface area contributed by atoms with E-state index >= 15 is 0 Å². The topological polar surface area (TPSA) is 59.9 Å². The highest BCUT2D eigenvalue weighted by Gasteiger charge is 2.05. The third-order valence-electron chi connectivity index (χ3n) is 5.12. The van der Waals surface area contributed by atoms with E-state index in [1.165, 1.54) is 10.8 Å². The van der Waals surface area contributed by atoms with Crippen molar-refractivity contribution in [2.24, 2.45) is 5.10 Å². The Hall–Kier alpha value is -4.12. The molecule has 0 aliphatic carbocycles. The second-order valence-corrected chi connectivity index (χ2v) is 7.57. The summed E-state index contributed by atoms with van der Waals surface area (Å²) in [7, 11) is 0. The lowest BCUT2D eigenvalue weighted by atomic mass is 10.1. The van der Waals surface area contributed by atoms with Crippen molar-refractivity contribution in [3.8, 4) is 11.5 Å². The first-order chi connectivity index (χ1) is 16.2. The molecule has 0 saturated carbocycles. The molecule has 33 heavy (non-hydrogen) atoms. The molecule has 0 atom stereocenters. The summed E-state index contributed by atoms with van der Waals surface area (Å²) in [4.78, 5) is 12.2. The van der Waals surface area contributed by atoms with Gasteiger partial charge in [0.2, 0.25) is 0 Å². The standard InChI is InChI=1S/C28H26N2O3/c1-2-18-32-25-16-12-23(13-17-25)28(31)30-29-19-21-10-14-26(15-11-21)33-20-24-8-5-7-22-6-3-4-9-27(22)24/h3-17,19H,2,18,20H2,1H3,(H,30,31)/b29-19-. The number of nitrogens with zero attached hydrogens (tertiary/aromatic N) is 1. The van der Waals surface area contributed by atoms with Crippen LogP contribution in [0.25, 0.3) is 10.8 Å². The average molecular weight is 439 g/mol. The van der Waals surface area contributed by atoms with Crippen LogP contribution < -0.4 is 14.9 Å². The van der Waals surface area contributed by atoms with Crippen molar-refractivity contribution in [1.29, 1.82) is 0 Å². The van der Waals surface area contributed by atoms with E-state index in [1.807, 2.05) is 49.4 Å². The monoisotopic (exact) mass is 438 g/mol. The van der Waals surface area contributed by atoms with Crippen LogP contribution in [0.5, 0.6) is 11.5 Å². The first kappa shape index (κ1) is 22.1. The minimum Gasteiger partial charge on any atom is -0.494 e. The molecule has 0 heterocycles. The Labute approximate surface area is 193 Å². The predicted molar refractivity (Wildman–Crippen MR) is 132 cm³/mol. The van der Waals surface area contributed by atoms with E-state index in [-0.39, 0.29) is 5.91 Å². The van der Waals surface area contributed by atoms with Gasteiger partial charge in [-0.2, -0.15) is 5.10 Å². The maximum atomic E-state index is 12.2. The number of rotatable bonds is 9. The Morgan fingerprint density at radius 1 is 0.848 bits per heavy atom. The number of ether oxygens (including phenoxy) is 2. The predicted octanol–water partition coefficient (Wildman–Crippen LogP) is 5.97. The van der Waals surface area contributed by atoms with Crippen molar-refractivity contribution in [2.45, 2.75) is 20.0 Å². The van der Waals surface area contributed by atoms with Gasteiger partial charge in [0, 0.05) is 5.56 Å². The molecule has 0 radical (unpaired) electrons. The van der Waals surface area contributed by atoms with Crippen LogP contribution in [0.15, 0.2) is 96.1 Å². The lowest BCUT2D eigenvalue weighted by Gasteiger charge is -2.09. The van der Waals surface area contributed by atoms with Gasteiger partial charge in [-0.3, -0.25) is 4.79 Å². The smallest absolute Gasteiger partial charge is 0.271 e. The van der Waals surface area contributed by atoms with Crippen molar-refractivity contribution < 1.29 is 14.3 Å². The normalized spacial score (nSPS) is 10.9. The van der Waals surface area contributed by atoms with E-state index in [2.05, 4.69) is 34.8 Å². The summed E-state index contributed by atoms with van der Waals surface area (Å²) in [5, 5.41) is 6.45. The second-order valence-electron chi connectivity index (χ2n) is 7.57. The first-order valence-electron chi connectivity index (χ1n) is 11.0. The van der Waals surface area contributed by atoms with E-state index in [0.29, 0.717) is 18.8 Å². The number of fused-ring (bicyclic) bond motifs is 1. The third-order valence-corrected chi connectivity index (χ3v) is 5.12. The number of benzene rings is 4. The minimum atomic E-state index is -0.275. The molecular formula is C28H26N2O3. The Morgan fingerprint density at radius 2 is 1.55 bits per heavy atom. The largest absolute Gasteiger partial charge is 0.494 e. The van der Waals surface area contributed by atoms with E-state index in [4.69, 9.17) is 9.47 Å². The molecule has 0 fully saturated rings. The van der Waals surface area contributed by atoms with Crippen LogP contribution in [0.3, 0.4) is 0 Å². The Kier molecular flexibility index (Phi) is 7.33. The van der Waals surface area contributed by atoms with Crippen LogP contribution >= 0.6 is 0 Å². The van der Waals surface area contributed by atoms with Crippen molar-refractivity contribution in [3.63, 3.8) is 0 Å². The average Bonchev–Trinajstić information content (AvgIpc) is 2.87. The molecule has 4 rings (SSSR count). The van der Waals surface area contributed by atoms with Gasteiger partial charge in [0.25, 0.3) is 5.91 Å². The lowest BCUT2D eigenvalue weighted by molar-refractivity contribution is 0.0955.